The van der Waals surface area contributed by atoms with Crippen LogP contribution in [0.5, 0.6) is 0 Å². The monoisotopic (exact) mass is 400 g/mol. The van der Waals surface area contributed by atoms with E-state index in [4.69, 9.17) is 15.8 Å². The Kier molecular flexibility index (Phi) is 9.11. The molecule has 6 nitrogen and oxygen atoms in total. The molecule has 0 saturated heterocycles. The molecule has 0 saturated carbocycles. The molecule has 1 atom stereocenters. The number of hydrogen-bond donors (Lipinski definition) is 4. The lowest BCUT2D eigenvalue weighted by molar-refractivity contribution is -0.144. The van der Waals surface area contributed by atoms with Crippen molar-refractivity contribution >= 4 is 23.9 Å². The summed E-state index contributed by atoms with van der Waals surface area (Å²) < 4.78 is 0. The molecule has 0 aliphatic rings. The molecule has 2 aromatic rings. The van der Waals surface area contributed by atoms with E-state index in [1.807, 2.05) is 12.1 Å². The van der Waals surface area contributed by atoms with Crippen LogP contribution in [0.25, 0.3) is 10.8 Å². The first-order chi connectivity index (χ1) is 13.9. The van der Waals surface area contributed by atoms with Gasteiger partial charge in [-0.2, -0.15) is 0 Å². The number of carboxylic acids is 1. The standard InChI is InChI=1S/C22H33BN2O4/c1-2-25(17-19-11-7-10-18-9-3-4-12-20(18)19)16-8-14-22(24,21(26)27)13-5-6-15-23(28)29/h3-4,7,9-12,28-29H,2,5-6,8,13-17,24H2,1H3,(H,26,27). The molecular formula is C22H33BN2O4. The van der Waals surface area contributed by atoms with E-state index in [2.05, 4.69) is 42.2 Å². The highest BCUT2D eigenvalue weighted by Crippen LogP contribution is 2.22. The Labute approximate surface area is 173 Å². The van der Waals surface area contributed by atoms with Gasteiger partial charge in [-0.05, 0) is 55.0 Å². The van der Waals surface area contributed by atoms with Gasteiger partial charge in [-0.1, -0.05) is 62.2 Å². The minimum absolute atomic E-state index is 0.240. The Hall–Kier alpha value is -1.93. The first-order valence-corrected chi connectivity index (χ1v) is 10.4. The van der Waals surface area contributed by atoms with Crippen LogP contribution in [-0.2, 0) is 11.3 Å². The van der Waals surface area contributed by atoms with Gasteiger partial charge in [-0.25, -0.2) is 0 Å². The van der Waals surface area contributed by atoms with Gasteiger partial charge in [0.2, 0.25) is 0 Å². The van der Waals surface area contributed by atoms with Gasteiger partial charge < -0.3 is 20.9 Å². The molecule has 7 heteroatoms. The van der Waals surface area contributed by atoms with Crippen LogP contribution in [0.15, 0.2) is 42.5 Å². The molecule has 0 radical (unpaired) electrons. The number of hydrogen-bond acceptors (Lipinski definition) is 5. The summed E-state index contributed by atoms with van der Waals surface area (Å²) in [4.78, 5) is 14.0. The average Bonchev–Trinajstić information content (AvgIpc) is 2.70. The number of rotatable bonds is 13. The Morgan fingerprint density at radius 1 is 1.07 bits per heavy atom. The van der Waals surface area contributed by atoms with Crippen LogP contribution in [0.1, 0.15) is 44.6 Å². The molecule has 2 rings (SSSR count). The zero-order valence-corrected chi connectivity index (χ0v) is 17.3. The maximum Gasteiger partial charge on any atom is 0.451 e. The van der Waals surface area contributed by atoms with Crippen LogP contribution in [0.4, 0.5) is 0 Å². The summed E-state index contributed by atoms with van der Waals surface area (Å²) in [6.07, 6.45) is 2.79. The molecule has 29 heavy (non-hydrogen) atoms. The van der Waals surface area contributed by atoms with Crippen molar-refractivity contribution in [1.29, 1.82) is 0 Å². The minimum atomic E-state index is -1.35. The third kappa shape index (κ3) is 7.12. The van der Waals surface area contributed by atoms with Gasteiger partial charge in [0.25, 0.3) is 0 Å². The van der Waals surface area contributed by atoms with Gasteiger partial charge >= 0.3 is 13.1 Å². The van der Waals surface area contributed by atoms with Gasteiger partial charge in [-0.15, -0.1) is 0 Å². The van der Waals surface area contributed by atoms with E-state index in [0.29, 0.717) is 32.1 Å². The summed E-state index contributed by atoms with van der Waals surface area (Å²) in [6, 6.07) is 14.7. The zero-order valence-electron chi connectivity index (χ0n) is 17.3. The predicted octanol–water partition coefficient (Wildman–Crippen LogP) is 2.87. The molecule has 0 amide bonds. The van der Waals surface area contributed by atoms with Crippen molar-refractivity contribution < 1.29 is 19.9 Å². The van der Waals surface area contributed by atoms with Crippen LogP contribution in [0.2, 0.25) is 6.32 Å². The highest BCUT2D eigenvalue weighted by molar-refractivity contribution is 6.40. The number of benzene rings is 2. The number of nitrogens with zero attached hydrogens (tertiary/aromatic N) is 1. The highest BCUT2D eigenvalue weighted by Gasteiger charge is 2.32. The maximum absolute atomic E-state index is 11.7. The second-order valence-corrected chi connectivity index (χ2v) is 7.80. The quantitative estimate of drug-likeness (QED) is 0.304. The predicted molar refractivity (Wildman–Crippen MR) is 118 cm³/mol. The normalized spacial score (nSPS) is 13.6. The summed E-state index contributed by atoms with van der Waals surface area (Å²) in [5, 5.41) is 29.9. The summed E-state index contributed by atoms with van der Waals surface area (Å²) in [5.74, 6) is -0.987. The van der Waals surface area contributed by atoms with E-state index in [9.17, 15) is 9.90 Å². The van der Waals surface area contributed by atoms with Gasteiger partial charge in [0.15, 0.2) is 0 Å². The Balaban J connectivity index is 1.90. The SMILES string of the molecule is CCN(CCCC(N)(CCCCB(O)O)C(=O)O)Cc1cccc2ccccc12. The molecule has 158 valence electrons. The molecule has 0 aliphatic heterocycles. The van der Waals surface area contributed by atoms with Crippen molar-refractivity contribution in [2.45, 2.75) is 57.4 Å². The topological polar surface area (TPSA) is 107 Å². The fourth-order valence-corrected chi connectivity index (χ4v) is 3.74. The largest absolute Gasteiger partial charge is 0.480 e. The lowest BCUT2D eigenvalue weighted by Gasteiger charge is -2.27. The van der Waals surface area contributed by atoms with Crippen LogP contribution in [-0.4, -0.2) is 51.8 Å². The molecule has 0 fully saturated rings. The van der Waals surface area contributed by atoms with E-state index in [1.165, 1.54) is 16.3 Å². The van der Waals surface area contributed by atoms with E-state index in [-0.39, 0.29) is 6.32 Å². The lowest BCUT2D eigenvalue weighted by atomic mass is 9.81. The highest BCUT2D eigenvalue weighted by atomic mass is 16.4. The number of carbonyl (C=O) groups is 1. The van der Waals surface area contributed by atoms with Crippen molar-refractivity contribution in [1.82, 2.24) is 4.90 Å². The van der Waals surface area contributed by atoms with Crippen LogP contribution in [0, 0.1) is 0 Å². The number of fused-ring (bicyclic) bond motifs is 1. The average molecular weight is 400 g/mol. The molecule has 0 spiro atoms. The van der Waals surface area contributed by atoms with E-state index >= 15 is 0 Å². The molecule has 2 aromatic carbocycles. The van der Waals surface area contributed by atoms with Crippen molar-refractivity contribution in [3.05, 3.63) is 48.0 Å². The summed E-state index contributed by atoms with van der Waals surface area (Å²) in [7, 11) is -1.35. The van der Waals surface area contributed by atoms with E-state index < -0.39 is 18.6 Å². The number of aliphatic carboxylic acids is 1. The number of nitrogens with two attached hydrogens (primary N) is 1. The molecule has 0 heterocycles. The summed E-state index contributed by atoms with van der Waals surface area (Å²) >= 11 is 0. The van der Waals surface area contributed by atoms with Crippen LogP contribution >= 0.6 is 0 Å². The van der Waals surface area contributed by atoms with Crippen LogP contribution in [0.3, 0.4) is 0 Å². The zero-order chi connectivity index (χ0) is 21.3. The van der Waals surface area contributed by atoms with E-state index in [0.717, 1.165) is 19.6 Å². The van der Waals surface area contributed by atoms with Crippen molar-refractivity contribution in [2.75, 3.05) is 13.1 Å². The first-order valence-electron chi connectivity index (χ1n) is 10.4. The second kappa shape index (κ2) is 11.3. The molecular weight excluding hydrogens is 367 g/mol. The Morgan fingerprint density at radius 2 is 1.76 bits per heavy atom. The van der Waals surface area contributed by atoms with Gasteiger partial charge in [0.1, 0.15) is 5.54 Å². The van der Waals surface area contributed by atoms with Gasteiger partial charge in [-0.3, -0.25) is 9.69 Å². The Bertz CT molecular complexity index is 781. The van der Waals surface area contributed by atoms with Crippen molar-refractivity contribution in [3.8, 4) is 0 Å². The Morgan fingerprint density at radius 3 is 2.45 bits per heavy atom. The molecule has 0 bridgehead atoms. The number of carboxylic acid groups (broad SMARTS) is 1. The maximum atomic E-state index is 11.7. The lowest BCUT2D eigenvalue weighted by Crippen LogP contribution is -2.48. The second-order valence-electron chi connectivity index (χ2n) is 7.80. The molecule has 0 aromatic heterocycles. The number of unbranched alkanes of at least 4 members (excludes halogenated alkanes) is 1. The molecule has 0 aliphatic carbocycles. The van der Waals surface area contributed by atoms with E-state index in [1.54, 1.807) is 0 Å². The van der Waals surface area contributed by atoms with Crippen molar-refractivity contribution in [2.24, 2.45) is 5.73 Å². The van der Waals surface area contributed by atoms with Gasteiger partial charge in [0.05, 0.1) is 0 Å². The minimum Gasteiger partial charge on any atom is -0.480 e. The van der Waals surface area contributed by atoms with Gasteiger partial charge in [0, 0.05) is 6.54 Å². The van der Waals surface area contributed by atoms with Crippen LogP contribution < -0.4 is 5.73 Å². The first kappa shape index (κ1) is 23.4. The molecule has 5 N–H and O–H groups in total. The molecule has 1 unspecified atom stereocenters. The smallest absolute Gasteiger partial charge is 0.451 e. The van der Waals surface area contributed by atoms with Crippen molar-refractivity contribution in [3.63, 3.8) is 0 Å². The fourth-order valence-electron chi connectivity index (χ4n) is 3.74. The third-order valence-corrected chi connectivity index (χ3v) is 5.58. The third-order valence-electron chi connectivity index (χ3n) is 5.58. The summed E-state index contributed by atoms with van der Waals surface area (Å²) in [6.45, 7) is 4.58. The fraction of sp³-hybridized carbons (Fsp3) is 0.500. The summed E-state index contributed by atoms with van der Waals surface area (Å²) in [5.41, 5.74) is 6.17.